The van der Waals surface area contributed by atoms with Crippen LogP contribution in [0.1, 0.15) is 43.5 Å². The molecule has 1 N–H and O–H groups in total. The van der Waals surface area contributed by atoms with E-state index in [-0.39, 0.29) is 17.5 Å². The van der Waals surface area contributed by atoms with E-state index in [1.165, 1.54) is 12.3 Å². The molecule has 3 nitrogen and oxygen atoms in total. The van der Waals surface area contributed by atoms with Crippen LogP contribution in [-0.2, 0) is 0 Å². The Balaban J connectivity index is 2.03. The molecule has 1 saturated carbocycles. The van der Waals surface area contributed by atoms with Crippen molar-refractivity contribution in [3.63, 3.8) is 0 Å². The molecule has 0 aromatic carbocycles. The minimum absolute atomic E-state index is 0.0807. The van der Waals surface area contributed by atoms with Gasteiger partial charge in [0, 0.05) is 12.2 Å². The summed E-state index contributed by atoms with van der Waals surface area (Å²) < 4.78 is 13.4. The highest BCUT2D eigenvalue weighted by atomic mass is 19.1. The van der Waals surface area contributed by atoms with E-state index < -0.39 is 5.82 Å². The molecule has 1 fully saturated rings. The first kappa shape index (κ1) is 13.0. The largest absolute Gasteiger partial charge is 0.349 e. The van der Waals surface area contributed by atoms with Gasteiger partial charge in [-0.05, 0) is 30.7 Å². The van der Waals surface area contributed by atoms with E-state index in [1.807, 2.05) is 0 Å². The standard InChI is InChI=1S/C14H19FN2O/c1-3-10-4-5-13(9(10)2)17-14(18)11-6-7-16-8-12(11)15/h6-10,13H,3-5H2,1-2H3,(H,17,18). The molecule has 0 bridgehead atoms. The van der Waals surface area contributed by atoms with E-state index in [2.05, 4.69) is 24.1 Å². The Morgan fingerprint density at radius 3 is 2.94 bits per heavy atom. The van der Waals surface area contributed by atoms with Crippen LogP contribution >= 0.6 is 0 Å². The number of hydrogen-bond donors (Lipinski definition) is 1. The number of rotatable bonds is 3. The second kappa shape index (κ2) is 5.46. The third kappa shape index (κ3) is 2.52. The number of halogens is 1. The lowest BCUT2D eigenvalue weighted by Crippen LogP contribution is -2.37. The quantitative estimate of drug-likeness (QED) is 0.896. The number of amides is 1. The van der Waals surface area contributed by atoms with Crippen molar-refractivity contribution in [2.24, 2.45) is 11.8 Å². The van der Waals surface area contributed by atoms with Gasteiger partial charge in [-0.3, -0.25) is 9.78 Å². The van der Waals surface area contributed by atoms with Crippen LogP contribution in [0, 0.1) is 17.7 Å². The highest BCUT2D eigenvalue weighted by Crippen LogP contribution is 2.33. The molecule has 2 rings (SSSR count). The Labute approximate surface area is 107 Å². The molecule has 1 aliphatic rings. The predicted molar refractivity (Wildman–Crippen MR) is 67.6 cm³/mol. The molecule has 1 aromatic heterocycles. The van der Waals surface area contributed by atoms with Gasteiger partial charge in [-0.15, -0.1) is 0 Å². The van der Waals surface area contributed by atoms with E-state index in [0.717, 1.165) is 25.5 Å². The molecule has 1 amide bonds. The van der Waals surface area contributed by atoms with E-state index >= 15 is 0 Å². The fraction of sp³-hybridized carbons (Fsp3) is 0.571. The molecular weight excluding hydrogens is 231 g/mol. The van der Waals surface area contributed by atoms with Crippen molar-refractivity contribution < 1.29 is 9.18 Å². The molecule has 3 unspecified atom stereocenters. The zero-order chi connectivity index (χ0) is 13.1. The van der Waals surface area contributed by atoms with Crippen LogP contribution in [-0.4, -0.2) is 16.9 Å². The summed E-state index contributed by atoms with van der Waals surface area (Å²) in [5.41, 5.74) is 0.0807. The molecule has 3 atom stereocenters. The number of hydrogen-bond acceptors (Lipinski definition) is 2. The predicted octanol–water partition coefficient (Wildman–Crippen LogP) is 2.78. The van der Waals surface area contributed by atoms with E-state index in [9.17, 15) is 9.18 Å². The zero-order valence-electron chi connectivity index (χ0n) is 10.8. The average molecular weight is 250 g/mol. The highest BCUT2D eigenvalue weighted by molar-refractivity contribution is 5.94. The van der Waals surface area contributed by atoms with Gasteiger partial charge in [0.25, 0.3) is 5.91 Å². The van der Waals surface area contributed by atoms with Crippen molar-refractivity contribution in [2.75, 3.05) is 0 Å². The molecule has 98 valence electrons. The molecule has 0 radical (unpaired) electrons. The normalized spacial score (nSPS) is 27.2. The number of carbonyl (C=O) groups is 1. The summed E-state index contributed by atoms with van der Waals surface area (Å²) in [6, 6.07) is 1.58. The Hall–Kier alpha value is -1.45. The Kier molecular flexibility index (Phi) is 3.94. The van der Waals surface area contributed by atoms with Gasteiger partial charge in [0.2, 0.25) is 0 Å². The van der Waals surface area contributed by atoms with Gasteiger partial charge in [-0.1, -0.05) is 20.3 Å². The topological polar surface area (TPSA) is 42.0 Å². The van der Waals surface area contributed by atoms with Gasteiger partial charge in [0.15, 0.2) is 5.82 Å². The lowest BCUT2D eigenvalue weighted by atomic mass is 9.93. The number of nitrogens with one attached hydrogen (secondary N) is 1. The molecule has 0 spiro atoms. The smallest absolute Gasteiger partial charge is 0.254 e. The molecular formula is C14H19FN2O. The highest BCUT2D eigenvalue weighted by Gasteiger charge is 2.32. The second-order valence-electron chi connectivity index (χ2n) is 5.04. The maximum Gasteiger partial charge on any atom is 0.254 e. The van der Waals surface area contributed by atoms with Crippen molar-refractivity contribution in [1.82, 2.24) is 10.3 Å². The van der Waals surface area contributed by atoms with E-state index in [1.54, 1.807) is 0 Å². The lowest BCUT2D eigenvalue weighted by molar-refractivity contribution is 0.0922. The maximum absolute atomic E-state index is 13.4. The van der Waals surface area contributed by atoms with Crippen LogP contribution in [0.5, 0.6) is 0 Å². The zero-order valence-corrected chi connectivity index (χ0v) is 10.8. The van der Waals surface area contributed by atoms with Gasteiger partial charge in [0.1, 0.15) is 0 Å². The summed E-state index contributed by atoms with van der Waals surface area (Å²) in [6.45, 7) is 4.34. The molecule has 18 heavy (non-hydrogen) atoms. The monoisotopic (exact) mass is 250 g/mol. The summed E-state index contributed by atoms with van der Waals surface area (Å²) in [4.78, 5) is 15.6. The van der Waals surface area contributed by atoms with Crippen LogP contribution in [0.25, 0.3) is 0 Å². The number of pyridine rings is 1. The molecule has 4 heteroatoms. The first-order chi connectivity index (χ1) is 8.63. The maximum atomic E-state index is 13.4. The lowest BCUT2D eigenvalue weighted by Gasteiger charge is -2.21. The number of nitrogens with zero attached hydrogens (tertiary/aromatic N) is 1. The van der Waals surface area contributed by atoms with Crippen molar-refractivity contribution in [3.8, 4) is 0 Å². The average Bonchev–Trinajstić information content (AvgIpc) is 2.71. The summed E-state index contributed by atoms with van der Waals surface area (Å²) in [6.07, 6.45) is 5.77. The van der Waals surface area contributed by atoms with Crippen LogP contribution in [0.2, 0.25) is 0 Å². The van der Waals surface area contributed by atoms with E-state index in [4.69, 9.17) is 0 Å². The molecule has 1 aliphatic carbocycles. The summed E-state index contributed by atoms with van der Waals surface area (Å²) in [7, 11) is 0. The third-order valence-electron chi connectivity index (χ3n) is 4.08. The number of aromatic nitrogens is 1. The van der Waals surface area contributed by atoms with Crippen molar-refractivity contribution in [3.05, 3.63) is 29.8 Å². The third-order valence-corrected chi connectivity index (χ3v) is 4.08. The Bertz CT molecular complexity index is 436. The molecule has 0 saturated heterocycles. The Morgan fingerprint density at radius 2 is 2.33 bits per heavy atom. The van der Waals surface area contributed by atoms with Crippen LogP contribution in [0.4, 0.5) is 4.39 Å². The summed E-state index contributed by atoms with van der Waals surface area (Å²) in [5, 5.41) is 2.94. The minimum Gasteiger partial charge on any atom is -0.349 e. The van der Waals surface area contributed by atoms with E-state index in [0.29, 0.717) is 11.8 Å². The minimum atomic E-state index is -0.562. The van der Waals surface area contributed by atoms with Crippen molar-refractivity contribution in [1.29, 1.82) is 0 Å². The van der Waals surface area contributed by atoms with Crippen molar-refractivity contribution in [2.45, 2.75) is 39.2 Å². The van der Waals surface area contributed by atoms with Gasteiger partial charge in [-0.2, -0.15) is 0 Å². The SMILES string of the molecule is CCC1CCC(NC(=O)c2ccncc2F)C1C. The van der Waals surface area contributed by atoms with Crippen LogP contribution < -0.4 is 5.32 Å². The fourth-order valence-electron chi connectivity index (χ4n) is 2.83. The molecule has 0 aliphatic heterocycles. The van der Waals surface area contributed by atoms with Gasteiger partial charge in [-0.25, -0.2) is 4.39 Å². The first-order valence-electron chi connectivity index (χ1n) is 6.53. The summed E-state index contributed by atoms with van der Waals surface area (Å²) in [5.74, 6) is 0.234. The Morgan fingerprint density at radius 1 is 1.56 bits per heavy atom. The first-order valence-corrected chi connectivity index (χ1v) is 6.53. The van der Waals surface area contributed by atoms with Crippen LogP contribution in [0.15, 0.2) is 18.5 Å². The number of carbonyl (C=O) groups excluding carboxylic acids is 1. The summed E-state index contributed by atoms with van der Waals surface area (Å²) >= 11 is 0. The van der Waals surface area contributed by atoms with Crippen molar-refractivity contribution >= 4 is 5.91 Å². The van der Waals surface area contributed by atoms with Gasteiger partial charge >= 0.3 is 0 Å². The second-order valence-corrected chi connectivity index (χ2v) is 5.04. The van der Waals surface area contributed by atoms with Gasteiger partial charge in [0.05, 0.1) is 11.8 Å². The fourth-order valence-corrected chi connectivity index (χ4v) is 2.83. The van der Waals surface area contributed by atoms with Crippen LogP contribution in [0.3, 0.4) is 0 Å². The molecule has 1 aromatic rings. The van der Waals surface area contributed by atoms with Gasteiger partial charge < -0.3 is 5.32 Å². The molecule has 1 heterocycles.